The third-order valence-corrected chi connectivity index (χ3v) is 8.12. The summed E-state index contributed by atoms with van der Waals surface area (Å²) in [7, 11) is 0. The van der Waals surface area contributed by atoms with Gasteiger partial charge in [0.1, 0.15) is 11.0 Å². The van der Waals surface area contributed by atoms with Gasteiger partial charge in [0.15, 0.2) is 0 Å². The van der Waals surface area contributed by atoms with E-state index in [0.717, 1.165) is 61.3 Å². The predicted octanol–water partition coefficient (Wildman–Crippen LogP) is 2.78. The van der Waals surface area contributed by atoms with Crippen molar-refractivity contribution in [2.75, 3.05) is 48.3 Å². The van der Waals surface area contributed by atoms with Crippen molar-refractivity contribution >= 4 is 34.6 Å². The monoisotopic (exact) mass is 448 g/mol. The van der Waals surface area contributed by atoms with Crippen LogP contribution >= 0.6 is 0 Å². The van der Waals surface area contributed by atoms with Crippen LogP contribution in [-0.4, -0.2) is 63.1 Å². The first-order chi connectivity index (χ1) is 16.1. The normalized spacial score (nSPS) is 26.1. The Kier molecular flexibility index (Phi) is 5.05. The van der Waals surface area contributed by atoms with Gasteiger partial charge in [0.25, 0.3) is 0 Å². The van der Waals surface area contributed by atoms with Crippen molar-refractivity contribution in [1.29, 1.82) is 0 Å². The molecule has 0 amide bonds. The van der Waals surface area contributed by atoms with Crippen molar-refractivity contribution in [1.82, 2.24) is 35.7 Å². The molecule has 2 aromatic heterocycles. The minimum atomic E-state index is 0.474. The molecule has 3 saturated carbocycles. The van der Waals surface area contributed by atoms with Gasteiger partial charge in [0.05, 0.1) is 0 Å². The number of benzene rings is 1. The van der Waals surface area contributed by atoms with E-state index in [2.05, 4.69) is 50.1 Å². The molecule has 3 unspecified atom stereocenters. The number of hydrogen-bond acceptors (Lipinski definition) is 9. The summed E-state index contributed by atoms with van der Waals surface area (Å²) in [6, 6.07) is 5.83. The number of nitrogens with one attached hydrogen (secondary N) is 4. The van der Waals surface area contributed by atoms with E-state index in [9.17, 15) is 0 Å². The molecule has 1 aliphatic heterocycles. The second-order valence-electron chi connectivity index (χ2n) is 10.3. The topological polar surface area (TPSA) is 120 Å². The van der Waals surface area contributed by atoms with Crippen molar-refractivity contribution in [3.05, 3.63) is 18.2 Å². The maximum absolute atomic E-state index is 4.80. The van der Waals surface area contributed by atoms with Crippen LogP contribution in [0.25, 0.3) is 11.0 Å². The number of rotatable bonds is 6. The lowest BCUT2D eigenvalue weighted by Gasteiger charge is -2.60. The highest BCUT2D eigenvalue weighted by atomic mass is 15.3. The Balaban J connectivity index is 1.23. The molecule has 7 rings (SSSR count). The second kappa shape index (κ2) is 8.09. The Morgan fingerprint density at radius 1 is 1.03 bits per heavy atom. The van der Waals surface area contributed by atoms with Crippen LogP contribution in [0.15, 0.2) is 18.2 Å². The molecule has 33 heavy (non-hydrogen) atoms. The number of anilines is 4. The fourth-order valence-corrected chi connectivity index (χ4v) is 5.98. The third kappa shape index (κ3) is 3.86. The van der Waals surface area contributed by atoms with E-state index < -0.39 is 0 Å². The van der Waals surface area contributed by atoms with Gasteiger partial charge >= 0.3 is 0 Å². The Morgan fingerprint density at radius 3 is 2.67 bits per heavy atom. The van der Waals surface area contributed by atoms with Gasteiger partial charge in [0, 0.05) is 38.4 Å². The zero-order valence-corrected chi connectivity index (χ0v) is 19.3. The highest BCUT2D eigenvalue weighted by Gasteiger charge is 2.53. The van der Waals surface area contributed by atoms with E-state index in [0.29, 0.717) is 29.2 Å². The van der Waals surface area contributed by atoms with Crippen LogP contribution < -0.4 is 20.9 Å². The molecule has 1 saturated heterocycles. The quantitative estimate of drug-likeness (QED) is 0.451. The molecule has 10 nitrogen and oxygen atoms in total. The number of fused-ring (bicyclic) bond motifs is 3. The van der Waals surface area contributed by atoms with Crippen LogP contribution in [0.2, 0.25) is 0 Å². The Bertz CT molecular complexity index is 1130. The van der Waals surface area contributed by atoms with Gasteiger partial charge in [0.2, 0.25) is 17.8 Å². The van der Waals surface area contributed by atoms with Crippen molar-refractivity contribution < 1.29 is 0 Å². The number of H-pyrrole nitrogens is 1. The largest absolute Gasteiger partial charge is 0.354 e. The van der Waals surface area contributed by atoms with E-state index in [1.807, 2.05) is 18.2 Å². The minimum absolute atomic E-state index is 0.474. The van der Waals surface area contributed by atoms with Crippen molar-refractivity contribution in [3.63, 3.8) is 0 Å². The zero-order valence-electron chi connectivity index (χ0n) is 19.3. The van der Waals surface area contributed by atoms with Crippen LogP contribution in [0.3, 0.4) is 0 Å². The molecule has 3 atom stereocenters. The van der Waals surface area contributed by atoms with Crippen molar-refractivity contribution in [2.45, 2.75) is 33.1 Å². The van der Waals surface area contributed by atoms with E-state index in [1.54, 1.807) is 0 Å². The summed E-state index contributed by atoms with van der Waals surface area (Å²) in [5.41, 5.74) is 2.97. The van der Waals surface area contributed by atoms with E-state index in [-0.39, 0.29) is 0 Å². The molecule has 3 aromatic rings. The van der Waals surface area contributed by atoms with Crippen LogP contribution in [0.1, 0.15) is 33.1 Å². The number of nitrogens with zero attached hydrogens (tertiary/aromatic N) is 6. The van der Waals surface area contributed by atoms with Gasteiger partial charge in [-0.3, -0.25) is 0 Å². The van der Waals surface area contributed by atoms with Gasteiger partial charge < -0.3 is 20.9 Å². The molecule has 3 aliphatic carbocycles. The molecular formula is C23H32N10. The predicted molar refractivity (Wildman–Crippen MR) is 129 cm³/mol. The maximum Gasteiger partial charge on any atom is 0.233 e. The van der Waals surface area contributed by atoms with Crippen molar-refractivity contribution in [2.24, 2.45) is 23.2 Å². The fraction of sp³-hybridized carbons (Fsp3) is 0.609. The number of piperazine rings is 1. The first-order valence-electron chi connectivity index (χ1n) is 12.1. The van der Waals surface area contributed by atoms with E-state index in [4.69, 9.17) is 15.0 Å². The summed E-state index contributed by atoms with van der Waals surface area (Å²) < 4.78 is 0. The third-order valence-electron chi connectivity index (χ3n) is 8.12. The lowest BCUT2D eigenvalue weighted by Crippen LogP contribution is -2.53. The summed E-state index contributed by atoms with van der Waals surface area (Å²) >= 11 is 0. The molecule has 3 heterocycles. The Morgan fingerprint density at radius 2 is 1.85 bits per heavy atom. The molecule has 4 N–H and O–H groups in total. The lowest BCUT2D eigenvalue weighted by atomic mass is 9.45. The van der Waals surface area contributed by atoms with Gasteiger partial charge in [-0.05, 0) is 60.6 Å². The second-order valence-corrected chi connectivity index (χ2v) is 10.3. The zero-order chi connectivity index (χ0) is 22.4. The Hall–Kier alpha value is -3.01. The highest BCUT2D eigenvalue weighted by Crippen LogP contribution is 2.61. The standard InChI is InChI=1S/C23H32N10/c1-23(2)15-4-3-14(17(23)11-15)13-25-20-27-21(29-22(28-20)33-9-7-24-8-10-33)26-16-5-6-18-19(12-16)31-32-30-18/h5-6,12,14-15,17,24H,3-4,7-11,13H2,1-2H3,(H,30,31,32)(H2,25,26,27,28,29). The first kappa shape index (κ1) is 20.6. The molecule has 0 radical (unpaired) electrons. The summed E-state index contributed by atoms with van der Waals surface area (Å²) in [6.07, 6.45) is 4.01. The fourth-order valence-electron chi connectivity index (χ4n) is 5.98. The minimum Gasteiger partial charge on any atom is -0.354 e. The molecule has 0 spiro atoms. The number of aromatic nitrogens is 6. The van der Waals surface area contributed by atoms with Crippen molar-refractivity contribution in [3.8, 4) is 0 Å². The van der Waals surface area contributed by atoms with Crippen LogP contribution in [0.4, 0.5) is 23.5 Å². The summed E-state index contributed by atoms with van der Waals surface area (Å²) in [6.45, 7) is 9.42. The molecule has 174 valence electrons. The molecule has 2 bridgehead atoms. The van der Waals surface area contributed by atoms with Gasteiger partial charge in [-0.15, -0.1) is 0 Å². The van der Waals surface area contributed by atoms with Crippen LogP contribution in [0.5, 0.6) is 0 Å². The maximum atomic E-state index is 4.80. The molecule has 10 heteroatoms. The first-order valence-corrected chi connectivity index (χ1v) is 12.1. The molecular weight excluding hydrogens is 416 g/mol. The van der Waals surface area contributed by atoms with E-state index >= 15 is 0 Å². The number of aromatic amines is 1. The lowest BCUT2D eigenvalue weighted by molar-refractivity contribution is -0.100. The van der Waals surface area contributed by atoms with Gasteiger partial charge in [-0.25, -0.2) is 0 Å². The Labute approximate surface area is 193 Å². The van der Waals surface area contributed by atoms with Gasteiger partial charge in [-0.1, -0.05) is 13.8 Å². The van der Waals surface area contributed by atoms with Crippen LogP contribution in [-0.2, 0) is 0 Å². The summed E-state index contributed by atoms with van der Waals surface area (Å²) in [5, 5.41) is 21.3. The summed E-state index contributed by atoms with van der Waals surface area (Å²) in [4.78, 5) is 16.5. The van der Waals surface area contributed by atoms with Crippen LogP contribution in [0, 0.1) is 23.2 Å². The average molecular weight is 449 g/mol. The highest BCUT2D eigenvalue weighted by molar-refractivity contribution is 5.79. The SMILES string of the molecule is CC1(C)C2CCC(CNc3nc(Nc4ccc5n[nH]nc5c4)nc(N4CCNCC4)n3)C1C2. The molecule has 4 fully saturated rings. The summed E-state index contributed by atoms with van der Waals surface area (Å²) in [5.74, 6) is 4.28. The average Bonchev–Trinajstić information content (AvgIpc) is 3.31. The number of hydrogen-bond donors (Lipinski definition) is 4. The van der Waals surface area contributed by atoms with Gasteiger partial charge in [-0.2, -0.15) is 30.4 Å². The smallest absolute Gasteiger partial charge is 0.233 e. The molecule has 1 aromatic carbocycles. The molecule has 4 aliphatic rings. The van der Waals surface area contributed by atoms with E-state index in [1.165, 1.54) is 19.3 Å².